The summed E-state index contributed by atoms with van der Waals surface area (Å²) in [5, 5.41) is 0. The van der Waals surface area contributed by atoms with Gasteiger partial charge in [-0.25, -0.2) is 0 Å². The fraction of sp³-hybridized carbons (Fsp3) is 0.200. The molecule has 0 aromatic heterocycles. The summed E-state index contributed by atoms with van der Waals surface area (Å²) in [5.41, 5.74) is 6.02. The average Bonchev–Trinajstić information content (AvgIpc) is 1.68. The quantitative estimate of drug-likeness (QED) is 0.371. The van der Waals surface area contributed by atoms with Crippen LogP contribution in [0.2, 0.25) is 6.55 Å². The molecule has 0 aromatic rings. The van der Waals surface area contributed by atoms with Gasteiger partial charge in [-0.15, -0.1) is 12.0 Å². The fourth-order valence-electron chi connectivity index (χ4n) is 0.165. The van der Waals surface area contributed by atoms with Crippen molar-refractivity contribution in [3.63, 3.8) is 0 Å². The maximum atomic E-state index is 5.23. The molecule has 38 valence electrons. The van der Waals surface area contributed by atoms with Gasteiger partial charge in [-0.1, -0.05) is 23.8 Å². The highest BCUT2D eigenvalue weighted by atomic mass is 35.5. The number of terminal acetylenes is 1. The maximum Gasteiger partial charge on any atom is 0.143 e. The van der Waals surface area contributed by atoms with E-state index < -0.39 is 8.80 Å². The first kappa shape index (κ1) is 6.81. The van der Waals surface area contributed by atoms with Crippen LogP contribution in [-0.4, -0.2) is 8.80 Å². The fourth-order valence-corrected chi connectivity index (χ4v) is 1.15. The number of halogens is 1. The lowest BCUT2D eigenvalue weighted by molar-refractivity contribution is 2.15. The van der Waals surface area contributed by atoms with Crippen molar-refractivity contribution >= 4 is 20.4 Å². The molecule has 0 aliphatic rings. The summed E-state index contributed by atoms with van der Waals surface area (Å²) in [6, 6.07) is 0. The highest BCUT2D eigenvalue weighted by Gasteiger charge is 1.86. The first-order valence-corrected chi connectivity index (χ1v) is 4.87. The Hall–Kier alpha value is -0.193. The van der Waals surface area contributed by atoms with E-state index in [0.717, 1.165) is 0 Å². The van der Waals surface area contributed by atoms with Crippen LogP contribution in [0.3, 0.4) is 0 Å². The number of rotatable bonds is 1. The van der Waals surface area contributed by atoms with Crippen molar-refractivity contribution in [2.75, 3.05) is 0 Å². The zero-order valence-electron chi connectivity index (χ0n) is 4.19. The molecule has 1 unspecified atom stereocenters. The van der Waals surface area contributed by atoms with Crippen LogP contribution in [0, 0.1) is 12.0 Å². The monoisotopic (exact) mass is 130 g/mol. The summed E-state index contributed by atoms with van der Waals surface area (Å²) in [6.45, 7) is 2.04. The molecule has 0 fully saturated rings. The summed E-state index contributed by atoms with van der Waals surface area (Å²) in [5.74, 6) is 0. The second-order valence-electron chi connectivity index (χ2n) is 1.27. The van der Waals surface area contributed by atoms with E-state index in [0.29, 0.717) is 0 Å². The summed E-state index contributed by atoms with van der Waals surface area (Å²) in [7, 11) is -0.966. The molecule has 0 nitrogen and oxygen atoms in total. The van der Waals surface area contributed by atoms with Gasteiger partial charge in [-0.2, -0.15) is 0 Å². The Morgan fingerprint density at radius 3 is 2.57 bits per heavy atom. The molecule has 7 heavy (non-hydrogen) atoms. The Balaban J connectivity index is 3.42. The minimum absolute atomic E-state index is 0.966. The van der Waals surface area contributed by atoms with Gasteiger partial charge in [-0.05, 0) is 5.54 Å². The Labute approximate surface area is 50.8 Å². The summed E-state index contributed by atoms with van der Waals surface area (Å²) in [6.07, 6.45) is 5.06. The van der Waals surface area contributed by atoms with E-state index in [1.54, 1.807) is 0 Å². The third kappa shape index (κ3) is 3.64. The van der Waals surface area contributed by atoms with Gasteiger partial charge in [-0.3, -0.25) is 0 Å². The smallest absolute Gasteiger partial charge is 0.134 e. The minimum Gasteiger partial charge on any atom is -0.134 e. The summed E-state index contributed by atoms with van der Waals surface area (Å²) >= 11 is 5.23. The third-order valence-corrected chi connectivity index (χ3v) is 2.31. The highest BCUT2D eigenvalue weighted by molar-refractivity contribution is 6.71. The van der Waals surface area contributed by atoms with Gasteiger partial charge >= 0.3 is 0 Å². The second kappa shape index (κ2) is 3.98. The van der Waals surface area contributed by atoms with Gasteiger partial charge in [0.1, 0.15) is 8.80 Å². The average molecular weight is 131 g/mol. The highest BCUT2D eigenvalue weighted by Crippen LogP contribution is 1.83. The standard InChI is InChI=1S/C5H7ClSi/c1-3-7(2)5-4-6/h1,4-5,7H,2H3. The Kier molecular flexibility index (Phi) is 3.87. The van der Waals surface area contributed by atoms with E-state index in [9.17, 15) is 0 Å². The molecular weight excluding hydrogens is 124 g/mol. The van der Waals surface area contributed by atoms with Crippen LogP contribution in [0.5, 0.6) is 0 Å². The molecule has 0 heterocycles. The van der Waals surface area contributed by atoms with Gasteiger partial charge in [0.15, 0.2) is 0 Å². The van der Waals surface area contributed by atoms with Gasteiger partial charge in [0.2, 0.25) is 0 Å². The van der Waals surface area contributed by atoms with Crippen LogP contribution in [0.25, 0.3) is 0 Å². The molecule has 0 saturated heterocycles. The molecule has 0 bridgehead atoms. The maximum absolute atomic E-state index is 5.23. The lowest BCUT2D eigenvalue weighted by Gasteiger charge is -1.83. The van der Waals surface area contributed by atoms with E-state index in [1.807, 2.05) is 12.2 Å². The topological polar surface area (TPSA) is 0 Å². The van der Waals surface area contributed by atoms with E-state index in [1.165, 1.54) is 5.54 Å². The zero-order chi connectivity index (χ0) is 5.70. The van der Waals surface area contributed by atoms with Crippen LogP contribution >= 0.6 is 11.6 Å². The predicted octanol–water partition coefficient (Wildman–Crippen LogP) is 1.31. The lowest BCUT2D eigenvalue weighted by Crippen LogP contribution is -1.95. The molecule has 0 aromatic carbocycles. The molecule has 2 heteroatoms. The molecular formula is C5H7ClSi. The first-order chi connectivity index (χ1) is 3.31. The van der Waals surface area contributed by atoms with Crippen molar-refractivity contribution < 1.29 is 0 Å². The molecule has 0 aliphatic heterocycles. The van der Waals surface area contributed by atoms with Gasteiger partial charge < -0.3 is 0 Å². The van der Waals surface area contributed by atoms with Crippen molar-refractivity contribution in [2.24, 2.45) is 0 Å². The van der Waals surface area contributed by atoms with Crippen molar-refractivity contribution in [3.8, 4) is 12.0 Å². The van der Waals surface area contributed by atoms with Gasteiger partial charge in [0.05, 0.1) is 0 Å². The predicted molar refractivity (Wildman–Crippen MR) is 36.8 cm³/mol. The minimum atomic E-state index is -0.966. The van der Waals surface area contributed by atoms with Crippen molar-refractivity contribution in [1.82, 2.24) is 0 Å². The molecule has 0 saturated carbocycles. The van der Waals surface area contributed by atoms with Gasteiger partial charge in [0, 0.05) is 0 Å². The molecule has 0 N–H and O–H groups in total. The van der Waals surface area contributed by atoms with E-state index >= 15 is 0 Å². The number of hydrogen-bond acceptors (Lipinski definition) is 0. The first-order valence-electron chi connectivity index (χ1n) is 2.04. The van der Waals surface area contributed by atoms with Crippen LogP contribution in [0.1, 0.15) is 0 Å². The van der Waals surface area contributed by atoms with Crippen molar-refractivity contribution in [2.45, 2.75) is 6.55 Å². The van der Waals surface area contributed by atoms with Crippen LogP contribution in [0.4, 0.5) is 0 Å². The SMILES string of the molecule is C#C[SiH](C)C=CCl. The van der Waals surface area contributed by atoms with E-state index in [2.05, 4.69) is 5.54 Å². The number of hydrogen-bond donors (Lipinski definition) is 0. The van der Waals surface area contributed by atoms with E-state index in [4.69, 9.17) is 18.0 Å². The summed E-state index contributed by atoms with van der Waals surface area (Å²) in [4.78, 5) is 0. The van der Waals surface area contributed by atoms with E-state index in [-0.39, 0.29) is 0 Å². The lowest BCUT2D eigenvalue weighted by atomic mass is 11.2. The van der Waals surface area contributed by atoms with Crippen molar-refractivity contribution in [3.05, 3.63) is 11.2 Å². The van der Waals surface area contributed by atoms with Crippen molar-refractivity contribution in [1.29, 1.82) is 0 Å². The normalized spacial score (nSPS) is 13.9. The zero-order valence-corrected chi connectivity index (χ0v) is 6.10. The third-order valence-electron chi connectivity index (χ3n) is 0.624. The van der Waals surface area contributed by atoms with Crippen LogP contribution in [0.15, 0.2) is 11.2 Å². The van der Waals surface area contributed by atoms with Crippen LogP contribution < -0.4 is 0 Å². The Morgan fingerprint density at radius 1 is 1.86 bits per heavy atom. The molecule has 0 spiro atoms. The summed E-state index contributed by atoms with van der Waals surface area (Å²) < 4.78 is 0. The van der Waals surface area contributed by atoms with Gasteiger partial charge in [0.25, 0.3) is 0 Å². The molecule has 0 amide bonds. The molecule has 1 atom stereocenters. The Morgan fingerprint density at radius 2 is 2.43 bits per heavy atom. The Bertz CT molecular complexity index is 101. The largest absolute Gasteiger partial charge is 0.143 e. The second-order valence-corrected chi connectivity index (χ2v) is 3.82. The molecule has 0 radical (unpaired) electrons. The molecule has 0 rings (SSSR count). The van der Waals surface area contributed by atoms with Crippen LogP contribution in [-0.2, 0) is 0 Å². The molecule has 0 aliphatic carbocycles.